The van der Waals surface area contributed by atoms with Gasteiger partial charge in [0.1, 0.15) is 24.4 Å². The van der Waals surface area contributed by atoms with E-state index in [-0.39, 0.29) is 18.1 Å². The van der Waals surface area contributed by atoms with Gasteiger partial charge in [0, 0.05) is 11.8 Å². The molecule has 0 aliphatic carbocycles. The van der Waals surface area contributed by atoms with Crippen LogP contribution in [0.1, 0.15) is 16.1 Å². The summed E-state index contributed by atoms with van der Waals surface area (Å²) in [5.74, 6) is 0.749. The highest BCUT2D eigenvalue weighted by Crippen LogP contribution is 2.23. The van der Waals surface area contributed by atoms with E-state index in [1.165, 1.54) is 0 Å². The van der Waals surface area contributed by atoms with E-state index in [0.717, 1.165) is 23.6 Å². The molecule has 6 heteroatoms. The normalized spacial score (nSPS) is 10.3. The first-order valence-corrected chi connectivity index (χ1v) is 9.61. The number of carbonyl (C=O) groups excluding carboxylic acids is 1. The van der Waals surface area contributed by atoms with Crippen LogP contribution in [0, 0.1) is 0 Å². The molecule has 1 amide bonds. The molecule has 0 fully saturated rings. The van der Waals surface area contributed by atoms with E-state index < -0.39 is 11.3 Å². The van der Waals surface area contributed by atoms with Gasteiger partial charge in [0.25, 0.3) is 5.91 Å². The van der Waals surface area contributed by atoms with Crippen molar-refractivity contribution in [2.45, 2.75) is 6.61 Å². The zero-order valence-corrected chi connectivity index (χ0v) is 16.5. The minimum atomic E-state index is -0.538. The van der Waals surface area contributed by atoms with Crippen LogP contribution in [-0.2, 0) is 6.61 Å². The monoisotopic (exact) mass is 413 g/mol. The maximum absolute atomic E-state index is 12.4. The summed E-state index contributed by atoms with van der Waals surface area (Å²) in [5.41, 5.74) is 1.03. The fourth-order valence-corrected chi connectivity index (χ4v) is 2.78. The topological polar surface area (TPSA) is 77.8 Å². The molecule has 0 aliphatic heterocycles. The van der Waals surface area contributed by atoms with Crippen molar-refractivity contribution in [1.29, 1.82) is 0 Å². The van der Waals surface area contributed by atoms with Crippen molar-refractivity contribution in [3.05, 3.63) is 119 Å². The fraction of sp³-hybridized carbons (Fsp3) is 0.0400. The summed E-state index contributed by atoms with van der Waals surface area (Å²) in [5, 5.41) is 2.69. The van der Waals surface area contributed by atoms with E-state index in [1.807, 2.05) is 60.7 Å². The second kappa shape index (κ2) is 9.45. The first-order valence-electron chi connectivity index (χ1n) is 9.61. The maximum Gasteiger partial charge on any atom is 0.291 e. The van der Waals surface area contributed by atoms with Crippen molar-refractivity contribution >= 4 is 11.6 Å². The molecule has 0 radical (unpaired) electrons. The van der Waals surface area contributed by atoms with E-state index in [9.17, 15) is 9.59 Å². The molecular formula is C25H19NO5. The highest BCUT2D eigenvalue weighted by atomic mass is 16.5. The number of amides is 1. The Labute approximate surface area is 178 Å². The van der Waals surface area contributed by atoms with Crippen LogP contribution in [0.4, 0.5) is 5.69 Å². The maximum atomic E-state index is 12.4. The third kappa shape index (κ3) is 5.39. The third-order valence-corrected chi connectivity index (χ3v) is 4.35. The number of hydrogen-bond acceptors (Lipinski definition) is 5. The molecule has 154 valence electrons. The van der Waals surface area contributed by atoms with Crippen LogP contribution in [0.15, 0.2) is 106 Å². The van der Waals surface area contributed by atoms with Gasteiger partial charge in [-0.3, -0.25) is 9.59 Å². The Balaban J connectivity index is 1.37. The molecule has 0 spiro atoms. The SMILES string of the molecule is O=C(Nc1ccc(Oc2ccccc2)cc1)c1cc(=O)c(OCc2ccccc2)co1. The Hall–Kier alpha value is -4.32. The number of benzene rings is 3. The van der Waals surface area contributed by atoms with Crippen molar-refractivity contribution in [2.75, 3.05) is 5.32 Å². The van der Waals surface area contributed by atoms with Crippen molar-refractivity contribution in [2.24, 2.45) is 0 Å². The summed E-state index contributed by atoms with van der Waals surface area (Å²) in [6, 6.07) is 26.8. The second-order valence-corrected chi connectivity index (χ2v) is 6.64. The molecule has 0 bridgehead atoms. The number of anilines is 1. The molecule has 6 nitrogen and oxygen atoms in total. The molecule has 0 saturated carbocycles. The largest absolute Gasteiger partial charge is 0.482 e. The lowest BCUT2D eigenvalue weighted by molar-refractivity contribution is 0.0993. The highest BCUT2D eigenvalue weighted by Gasteiger charge is 2.13. The van der Waals surface area contributed by atoms with E-state index in [1.54, 1.807) is 24.3 Å². The zero-order chi connectivity index (χ0) is 21.5. The van der Waals surface area contributed by atoms with Gasteiger partial charge >= 0.3 is 0 Å². The fourth-order valence-electron chi connectivity index (χ4n) is 2.78. The molecule has 31 heavy (non-hydrogen) atoms. The molecule has 0 unspecified atom stereocenters. The molecule has 4 aromatic rings. The standard InChI is InChI=1S/C25H19NO5/c27-22-15-23(30-17-24(22)29-16-18-7-3-1-4-8-18)25(28)26-19-11-13-21(14-12-19)31-20-9-5-2-6-10-20/h1-15,17H,16H2,(H,26,28). The molecule has 3 aromatic carbocycles. The van der Waals surface area contributed by atoms with Gasteiger partial charge < -0.3 is 19.2 Å². The Morgan fingerprint density at radius 3 is 2.16 bits per heavy atom. The van der Waals surface area contributed by atoms with Crippen LogP contribution in [0.3, 0.4) is 0 Å². The Morgan fingerprint density at radius 2 is 1.48 bits per heavy atom. The number of ether oxygens (including phenoxy) is 2. The van der Waals surface area contributed by atoms with Crippen LogP contribution >= 0.6 is 0 Å². The Kier molecular flexibility index (Phi) is 6.09. The van der Waals surface area contributed by atoms with Crippen LogP contribution < -0.4 is 20.2 Å². The lowest BCUT2D eigenvalue weighted by atomic mass is 10.2. The van der Waals surface area contributed by atoms with Crippen molar-refractivity contribution < 1.29 is 18.7 Å². The average molecular weight is 413 g/mol. The highest BCUT2D eigenvalue weighted by molar-refractivity contribution is 6.02. The predicted octanol–water partition coefficient (Wildman–Crippen LogP) is 5.26. The molecule has 4 rings (SSSR count). The van der Waals surface area contributed by atoms with Gasteiger partial charge in [0.05, 0.1) is 0 Å². The van der Waals surface area contributed by atoms with Crippen molar-refractivity contribution in [3.63, 3.8) is 0 Å². The second-order valence-electron chi connectivity index (χ2n) is 6.64. The first kappa shape index (κ1) is 20.0. The third-order valence-electron chi connectivity index (χ3n) is 4.35. The number of carbonyl (C=O) groups is 1. The van der Waals surface area contributed by atoms with Gasteiger partial charge in [-0.05, 0) is 42.0 Å². The van der Waals surface area contributed by atoms with Crippen LogP contribution in [0.25, 0.3) is 0 Å². The van der Waals surface area contributed by atoms with E-state index in [2.05, 4.69) is 5.32 Å². The van der Waals surface area contributed by atoms with Gasteiger partial charge in [-0.25, -0.2) is 0 Å². The smallest absolute Gasteiger partial charge is 0.291 e. The molecule has 0 atom stereocenters. The van der Waals surface area contributed by atoms with E-state index >= 15 is 0 Å². The number of nitrogens with one attached hydrogen (secondary N) is 1. The molecule has 0 saturated heterocycles. The predicted molar refractivity (Wildman–Crippen MR) is 117 cm³/mol. The Morgan fingerprint density at radius 1 is 0.839 bits per heavy atom. The molecule has 1 aromatic heterocycles. The molecule has 0 aliphatic rings. The summed E-state index contributed by atoms with van der Waals surface area (Å²) in [6.45, 7) is 0.231. The summed E-state index contributed by atoms with van der Waals surface area (Å²) < 4.78 is 16.5. The molecule has 1 N–H and O–H groups in total. The van der Waals surface area contributed by atoms with Gasteiger partial charge in [0.2, 0.25) is 11.2 Å². The van der Waals surface area contributed by atoms with Crippen molar-refractivity contribution in [1.82, 2.24) is 0 Å². The molecular weight excluding hydrogens is 394 g/mol. The van der Waals surface area contributed by atoms with Crippen LogP contribution in [0.2, 0.25) is 0 Å². The van der Waals surface area contributed by atoms with Crippen molar-refractivity contribution in [3.8, 4) is 17.2 Å². The average Bonchev–Trinajstić information content (AvgIpc) is 2.81. The van der Waals surface area contributed by atoms with Gasteiger partial charge in [0.15, 0.2) is 5.76 Å². The lowest BCUT2D eigenvalue weighted by Gasteiger charge is -2.08. The number of hydrogen-bond donors (Lipinski definition) is 1. The minimum absolute atomic E-state index is 0.0443. The van der Waals surface area contributed by atoms with E-state index in [4.69, 9.17) is 13.9 Å². The summed E-state index contributed by atoms with van der Waals surface area (Å²) in [7, 11) is 0. The lowest BCUT2D eigenvalue weighted by Crippen LogP contribution is -2.15. The van der Waals surface area contributed by atoms with E-state index in [0.29, 0.717) is 11.4 Å². The number of para-hydroxylation sites is 1. The minimum Gasteiger partial charge on any atom is -0.482 e. The van der Waals surface area contributed by atoms with Crippen LogP contribution in [0.5, 0.6) is 17.2 Å². The zero-order valence-electron chi connectivity index (χ0n) is 16.5. The molecule has 1 heterocycles. The quantitative estimate of drug-likeness (QED) is 0.447. The van der Waals surface area contributed by atoms with Gasteiger partial charge in [-0.15, -0.1) is 0 Å². The van der Waals surface area contributed by atoms with Gasteiger partial charge in [-0.2, -0.15) is 0 Å². The number of rotatable bonds is 7. The summed E-state index contributed by atoms with van der Waals surface area (Å²) >= 11 is 0. The van der Waals surface area contributed by atoms with Gasteiger partial charge in [-0.1, -0.05) is 48.5 Å². The Bertz CT molecular complexity index is 1200. The van der Waals surface area contributed by atoms with Crippen LogP contribution in [-0.4, -0.2) is 5.91 Å². The summed E-state index contributed by atoms with van der Waals surface area (Å²) in [4.78, 5) is 24.7. The first-order chi connectivity index (χ1) is 15.2. The summed E-state index contributed by atoms with van der Waals surface area (Å²) in [6.07, 6.45) is 1.15.